The van der Waals surface area contributed by atoms with Gasteiger partial charge in [-0.1, -0.05) is 6.92 Å². The lowest BCUT2D eigenvalue weighted by atomic mass is 10.1. The Hall–Kier alpha value is -1.84. The molecule has 1 aromatic carbocycles. The van der Waals surface area contributed by atoms with Crippen LogP contribution in [0.5, 0.6) is 0 Å². The van der Waals surface area contributed by atoms with Crippen LogP contribution in [0.2, 0.25) is 0 Å². The van der Waals surface area contributed by atoms with Crippen molar-refractivity contribution in [2.75, 3.05) is 0 Å². The fourth-order valence-electron chi connectivity index (χ4n) is 2.24. The number of aromatic nitrogens is 2. The molecule has 1 heterocycles. The summed E-state index contributed by atoms with van der Waals surface area (Å²) in [7, 11) is 0. The topological polar surface area (TPSA) is 55.1 Å². The van der Waals surface area contributed by atoms with E-state index in [1.165, 1.54) is 0 Å². The fraction of sp³-hybridized carbons (Fsp3) is 0.429. The van der Waals surface area contributed by atoms with Crippen molar-refractivity contribution in [2.24, 2.45) is 0 Å². The molecule has 2 rings (SSSR count). The molecule has 0 unspecified atom stereocenters. The zero-order valence-electron chi connectivity index (χ0n) is 11.2. The van der Waals surface area contributed by atoms with Gasteiger partial charge in [-0.25, -0.2) is 9.78 Å². The van der Waals surface area contributed by atoms with Gasteiger partial charge in [0.25, 0.3) is 0 Å². The third kappa shape index (κ3) is 1.98. The second-order valence-electron chi connectivity index (χ2n) is 5.40. The van der Waals surface area contributed by atoms with Crippen LogP contribution in [0.3, 0.4) is 0 Å². The largest absolute Gasteiger partial charge is 0.478 e. The monoisotopic (exact) mass is 246 g/mol. The molecule has 0 spiro atoms. The molecule has 0 aliphatic heterocycles. The molecule has 4 nitrogen and oxygen atoms in total. The minimum atomic E-state index is -0.906. The van der Waals surface area contributed by atoms with Gasteiger partial charge in [-0.3, -0.25) is 0 Å². The van der Waals surface area contributed by atoms with Gasteiger partial charge in [0.1, 0.15) is 5.82 Å². The van der Waals surface area contributed by atoms with Gasteiger partial charge in [-0.15, -0.1) is 0 Å². The highest BCUT2D eigenvalue weighted by Gasteiger charge is 2.21. The molecule has 0 atom stereocenters. The summed E-state index contributed by atoms with van der Waals surface area (Å²) in [6.07, 6.45) is 0.828. The van der Waals surface area contributed by atoms with Gasteiger partial charge in [0.15, 0.2) is 0 Å². The lowest BCUT2D eigenvalue weighted by molar-refractivity contribution is 0.0697. The molecule has 4 heteroatoms. The van der Waals surface area contributed by atoms with Crippen LogP contribution in [0.15, 0.2) is 18.2 Å². The summed E-state index contributed by atoms with van der Waals surface area (Å²) >= 11 is 0. The molecule has 2 aromatic rings. The number of imidazole rings is 1. The van der Waals surface area contributed by atoms with E-state index in [9.17, 15) is 4.79 Å². The van der Waals surface area contributed by atoms with Crippen molar-refractivity contribution in [3.63, 3.8) is 0 Å². The van der Waals surface area contributed by atoms with Crippen LogP contribution in [0.25, 0.3) is 11.0 Å². The molecule has 96 valence electrons. The first-order chi connectivity index (χ1) is 8.34. The third-order valence-electron chi connectivity index (χ3n) is 2.96. The summed E-state index contributed by atoms with van der Waals surface area (Å²) in [5, 5.41) is 9.07. The highest BCUT2D eigenvalue weighted by Crippen LogP contribution is 2.26. The molecule has 0 amide bonds. The molecule has 0 aliphatic rings. The average molecular weight is 246 g/mol. The van der Waals surface area contributed by atoms with Crippen LogP contribution in [-0.4, -0.2) is 20.6 Å². The van der Waals surface area contributed by atoms with Crippen molar-refractivity contribution in [3.8, 4) is 0 Å². The molecule has 0 saturated heterocycles. The maximum Gasteiger partial charge on any atom is 0.335 e. The van der Waals surface area contributed by atoms with Crippen LogP contribution >= 0.6 is 0 Å². The number of aromatic carboxylic acids is 1. The molecule has 1 aromatic heterocycles. The molecule has 0 fully saturated rings. The van der Waals surface area contributed by atoms with Crippen molar-refractivity contribution >= 4 is 17.0 Å². The van der Waals surface area contributed by atoms with Crippen LogP contribution in [-0.2, 0) is 12.0 Å². The smallest absolute Gasteiger partial charge is 0.335 e. The molecule has 0 bridgehead atoms. The number of carboxylic acids is 1. The van der Waals surface area contributed by atoms with Gasteiger partial charge < -0.3 is 9.67 Å². The zero-order valence-corrected chi connectivity index (χ0v) is 11.2. The number of hydrogen-bond donors (Lipinski definition) is 1. The number of benzene rings is 1. The fourth-order valence-corrected chi connectivity index (χ4v) is 2.24. The van der Waals surface area contributed by atoms with E-state index in [4.69, 9.17) is 5.11 Å². The minimum absolute atomic E-state index is 0.114. The molecule has 0 aliphatic carbocycles. The quantitative estimate of drug-likeness (QED) is 0.886. The van der Waals surface area contributed by atoms with E-state index in [0.717, 1.165) is 23.3 Å². The lowest BCUT2D eigenvalue weighted by Gasteiger charge is -2.24. The number of carboxylic acid groups (broad SMARTS) is 1. The summed E-state index contributed by atoms with van der Waals surface area (Å²) < 4.78 is 2.12. The standard InChI is InChI=1S/C14H18N2O2/c1-5-12-15-10-7-6-9(13(17)18)8-11(10)16(12)14(2,3)4/h6-8H,5H2,1-4H3,(H,17,18). The SMILES string of the molecule is CCc1nc2ccc(C(=O)O)cc2n1C(C)(C)C. The second kappa shape index (κ2) is 4.12. The normalized spacial score (nSPS) is 12.0. The number of hydrogen-bond acceptors (Lipinski definition) is 2. The Bertz CT molecular complexity index is 606. The van der Waals surface area contributed by atoms with Crippen molar-refractivity contribution in [1.29, 1.82) is 0 Å². The van der Waals surface area contributed by atoms with Gasteiger partial charge in [0.05, 0.1) is 16.6 Å². The summed E-state index contributed by atoms with van der Waals surface area (Å²) in [4.78, 5) is 15.6. The van der Waals surface area contributed by atoms with E-state index in [2.05, 4.69) is 37.2 Å². The average Bonchev–Trinajstić information content (AvgIpc) is 2.65. The van der Waals surface area contributed by atoms with E-state index >= 15 is 0 Å². The van der Waals surface area contributed by atoms with Gasteiger partial charge in [-0.2, -0.15) is 0 Å². The van der Waals surface area contributed by atoms with E-state index < -0.39 is 5.97 Å². The summed E-state index contributed by atoms with van der Waals surface area (Å²) in [6, 6.07) is 5.08. The summed E-state index contributed by atoms with van der Waals surface area (Å²) in [6.45, 7) is 8.35. The number of nitrogens with zero attached hydrogens (tertiary/aromatic N) is 2. The lowest BCUT2D eigenvalue weighted by Crippen LogP contribution is -2.23. The predicted octanol–water partition coefficient (Wildman–Crippen LogP) is 3.05. The highest BCUT2D eigenvalue weighted by atomic mass is 16.4. The van der Waals surface area contributed by atoms with Crippen molar-refractivity contribution < 1.29 is 9.90 Å². The maximum atomic E-state index is 11.1. The third-order valence-corrected chi connectivity index (χ3v) is 2.96. The zero-order chi connectivity index (χ0) is 13.5. The van der Waals surface area contributed by atoms with Gasteiger partial charge in [0.2, 0.25) is 0 Å². The molecule has 0 radical (unpaired) electrons. The number of fused-ring (bicyclic) bond motifs is 1. The Morgan fingerprint density at radius 2 is 2.06 bits per heavy atom. The predicted molar refractivity (Wildman–Crippen MR) is 71.1 cm³/mol. The van der Waals surface area contributed by atoms with Crippen LogP contribution in [0.4, 0.5) is 0 Å². The number of aryl methyl sites for hydroxylation is 1. The van der Waals surface area contributed by atoms with Gasteiger partial charge in [-0.05, 0) is 39.0 Å². The van der Waals surface area contributed by atoms with E-state index in [1.807, 2.05) is 0 Å². The van der Waals surface area contributed by atoms with E-state index in [1.54, 1.807) is 18.2 Å². The molecule has 18 heavy (non-hydrogen) atoms. The van der Waals surface area contributed by atoms with Crippen molar-refractivity contribution in [2.45, 2.75) is 39.7 Å². The second-order valence-corrected chi connectivity index (χ2v) is 5.40. The van der Waals surface area contributed by atoms with E-state index in [0.29, 0.717) is 5.56 Å². The molecular weight excluding hydrogens is 228 g/mol. The first kappa shape index (κ1) is 12.6. The first-order valence-electron chi connectivity index (χ1n) is 6.09. The maximum absolute atomic E-state index is 11.1. The first-order valence-corrected chi connectivity index (χ1v) is 6.09. The Balaban J connectivity index is 2.79. The molecule has 0 saturated carbocycles. The van der Waals surface area contributed by atoms with Crippen molar-refractivity contribution in [1.82, 2.24) is 9.55 Å². The van der Waals surface area contributed by atoms with Crippen LogP contribution in [0, 0.1) is 0 Å². The Morgan fingerprint density at radius 1 is 1.39 bits per heavy atom. The van der Waals surface area contributed by atoms with Crippen LogP contribution in [0.1, 0.15) is 43.9 Å². The summed E-state index contributed by atoms with van der Waals surface area (Å²) in [5.41, 5.74) is 1.93. The Labute approximate surface area is 106 Å². The van der Waals surface area contributed by atoms with Crippen molar-refractivity contribution in [3.05, 3.63) is 29.6 Å². The van der Waals surface area contributed by atoms with Gasteiger partial charge in [0, 0.05) is 12.0 Å². The van der Waals surface area contributed by atoms with E-state index in [-0.39, 0.29) is 5.54 Å². The van der Waals surface area contributed by atoms with Crippen LogP contribution < -0.4 is 0 Å². The Morgan fingerprint density at radius 3 is 2.56 bits per heavy atom. The Kier molecular flexibility index (Phi) is 2.89. The minimum Gasteiger partial charge on any atom is -0.478 e. The summed E-state index contributed by atoms with van der Waals surface area (Å²) in [5.74, 6) is 0.0802. The number of rotatable bonds is 2. The highest BCUT2D eigenvalue weighted by molar-refractivity contribution is 5.92. The van der Waals surface area contributed by atoms with Gasteiger partial charge >= 0.3 is 5.97 Å². The molecule has 1 N–H and O–H groups in total. The molecular formula is C14H18N2O2. The number of carbonyl (C=O) groups is 1.